The second-order valence-electron chi connectivity index (χ2n) is 8.07. The minimum Gasteiger partial charge on any atom is -0.457 e. The first-order valence-corrected chi connectivity index (χ1v) is 13.1. The highest BCUT2D eigenvalue weighted by molar-refractivity contribution is 7.92. The van der Waals surface area contributed by atoms with Crippen LogP contribution in [-0.4, -0.2) is 26.6 Å². The minimum atomic E-state index is -3.76. The van der Waals surface area contributed by atoms with Crippen LogP contribution in [0.5, 0.6) is 23.0 Å². The van der Waals surface area contributed by atoms with Crippen molar-refractivity contribution in [2.75, 3.05) is 15.9 Å². The maximum absolute atomic E-state index is 13.0. The number of hydrogen-bond donors (Lipinski definition) is 1. The standard InChI is InChI=1S/C28H26N2O5S/c1-21(28(31)29-22-13-17-26(18-14-22)34-24-9-5-3-6-10-24)30(36(2,32)33)23-15-19-27(20-16-23)35-25-11-7-4-8-12-25/h3-21H,1-2H3,(H,29,31)/t21-/m0/s1. The molecule has 7 nitrogen and oxygen atoms in total. The molecule has 4 aromatic rings. The topological polar surface area (TPSA) is 84.9 Å². The van der Waals surface area contributed by atoms with E-state index in [9.17, 15) is 13.2 Å². The van der Waals surface area contributed by atoms with E-state index in [0.29, 0.717) is 34.4 Å². The monoisotopic (exact) mass is 502 g/mol. The zero-order chi connectivity index (χ0) is 25.5. The van der Waals surface area contributed by atoms with Gasteiger partial charge in [-0.2, -0.15) is 0 Å². The molecule has 4 aromatic carbocycles. The maximum Gasteiger partial charge on any atom is 0.247 e. The third-order valence-electron chi connectivity index (χ3n) is 5.26. The van der Waals surface area contributed by atoms with Gasteiger partial charge < -0.3 is 14.8 Å². The Morgan fingerprint density at radius 2 is 1.11 bits per heavy atom. The van der Waals surface area contributed by atoms with Gasteiger partial charge in [0.2, 0.25) is 15.9 Å². The van der Waals surface area contributed by atoms with Crippen LogP contribution in [0.1, 0.15) is 6.92 Å². The van der Waals surface area contributed by atoms with Crippen molar-refractivity contribution in [3.8, 4) is 23.0 Å². The number of carbonyl (C=O) groups is 1. The number of para-hydroxylation sites is 2. The molecule has 0 unspecified atom stereocenters. The van der Waals surface area contributed by atoms with Gasteiger partial charge in [0.1, 0.15) is 29.0 Å². The molecule has 0 heterocycles. The van der Waals surface area contributed by atoms with Crippen molar-refractivity contribution in [3.63, 3.8) is 0 Å². The Balaban J connectivity index is 1.45. The summed E-state index contributed by atoms with van der Waals surface area (Å²) in [7, 11) is -3.76. The molecule has 0 aliphatic rings. The molecular weight excluding hydrogens is 476 g/mol. The van der Waals surface area contributed by atoms with E-state index in [1.165, 1.54) is 6.92 Å². The smallest absolute Gasteiger partial charge is 0.247 e. The molecule has 0 aliphatic heterocycles. The summed E-state index contributed by atoms with van der Waals surface area (Å²) < 4.78 is 37.9. The van der Waals surface area contributed by atoms with Gasteiger partial charge in [0, 0.05) is 5.69 Å². The van der Waals surface area contributed by atoms with Crippen LogP contribution < -0.4 is 19.1 Å². The van der Waals surface area contributed by atoms with E-state index >= 15 is 0 Å². The SMILES string of the molecule is C[C@@H](C(=O)Nc1ccc(Oc2ccccc2)cc1)N(c1ccc(Oc2ccccc2)cc1)S(C)(=O)=O. The van der Waals surface area contributed by atoms with Gasteiger partial charge in [-0.25, -0.2) is 8.42 Å². The Labute approximate surface area is 211 Å². The number of benzene rings is 4. The van der Waals surface area contributed by atoms with Crippen molar-refractivity contribution in [2.24, 2.45) is 0 Å². The number of nitrogens with zero attached hydrogens (tertiary/aromatic N) is 1. The fraction of sp³-hybridized carbons (Fsp3) is 0.107. The highest BCUT2D eigenvalue weighted by Crippen LogP contribution is 2.28. The summed E-state index contributed by atoms with van der Waals surface area (Å²) in [4.78, 5) is 13.0. The molecule has 0 aliphatic carbocycles. The third-order valence-corrected chi connectivity index (χ3v) is 6.50. The summed E-state index contributed by atoms with van der Waals surface area (Å²) in [5, 5.41) is 2.77. The molecule has 4 rings (SSSR count). The number of sulfonamides is 1. The fourth-order valence-electron chi connectivity index (χ4n) is 3.57. The van der Waals surface area contributed by atoms with Crippen LogP contribution >= 0.6 is 0 Å². The first-order chi connectivity index (χ1) is 17.3. The number of anilines is 2. The van der Waals surface area contributed by atoms with Crippen molar-refractivity contribution in [1.82, 2.24) is 0 Å². The number of amides is 1. The second kappa shape index (κ2) is 11.0. The van der Waals surface area contributed by atoms with Gasteiger partial charge in [0.25, 0.3) is 0 Å². The molecule has 1 atom stereocenters. The molecule has 0 aromatic heterocycles. The van der Waals surface area contributed by atoms with Gasteiger partial charge in [-0.15, -0.1) is 0 Å². The van der Waals surface area contributed by atoms with Gasteiger partial charge in [-0.1, -0.05) is 36.4 Å². The van der Waals surface area contributed by atoms with Crippen molar-refractivity contribution in [1.29, 1.82) is 0 Å². The lowest BCUT2D eigenvalue weighted by Gasteiger charge is -2.28. The summed E-state index contributed by atoms with van der Waals surface area (Å²) in [6.07, 6.45) is 1.07. The lowest BCUT2D eigenvalue weighted by Crippen LogP contribution is -2.45. The molecular formula is C28H26N2O5S. The van der Waals surface area contributed by atoms with Gasteiger partial charge >= 0.3 is 0 Å². The summed E-state index contributed by atoms with van der Waals surface area (Å²) in [6.45, 7) is 1.54. The largest absolute Gasteiger partial charge is 0.457 e. The van der Waals surface area contributed by atoms with Crippen LogP contribution in [0.4, 0.5) is 11.4 Å². The van der Waals surface area contributed by atoms with Gasteiger partial charge in [0.15, 0.2) is 0 Å². The van der Waals surface area contributed by atoms with Crippen molar-refractivity contribution in [2.45, 2.75) is 13.0 Å². The third kappa shape index (κ3) is 6.43. The van der Waals surface area contributed by atoms with Crippen molar-refractivity contribution >= 4 is 27.3 Å². The van der Waals surface area contributed by atoms with E-state index in [1.807, 2.05) is 60.7 Å². The van der Waals surface area contributed by atoms with Crippen LogP contribution in [0.25, 0.3) is 0 Å². The molecule has 36 heavy (non-hydrogen) atoms. The number of carbonyl (C=O) groups excluding carboxylic acids is 1. The molecule has 184 valence electrons. The molecule has 0 bridgehead atoms. The second-order valence-corrected chi connectivity index (χ2v) is 9.93. The lowest BCUT2D eigenvalue weighted by atomic mass is 10.2. The Bertz CT molecular complexity index is 1390. The zero-order valence-corrected chi connectivity index (χ0v) is 20.7. The van der Waals surface area contributed by atoms with Crippen molar-refractivity contribution in [3.05, 3.63) is 109 Å². The van der Waals surface area contributed by atoms with Crippen LogP contribution in [0.3, 0.4) is 0 Å². The Morgan fingerprint density at radius 3 is 1.56 bits per heavy atom. The van der Waals surface area contributed by atoms with E-state index in [1.54, 1.807) is 48.5 Å². The normalized spacial score (nSPS) is 11.8. The number of hydrogen-bond acceptors (Lipinski definition) is 5. The summed E-state index contributed by atoms with van der Waals surface area (Å²) >= 11 is 0. The average molecular weight is 503 g/mol. The summed E-state index contributed by atoms with van der Waals surface area (Å²) in [5.74, 6) is 2.06. The Morgan fingerprint density at radius 1 is 0.694 bits per heavy atom. The van der Waals surface area contributed by atoms with Crippen LogP contribution in [0.2, 0.25) is 0 Å². The predicted octanol–water partition coefficient (Wildman–Crippen LogP) is 6.06. The number of rotatable bonds is 9. The predicted molar refractivity (Wildman–Crippen MR) is 141 cm³/mol. The summed E-state index contributed by atoms with van der Waals surface area (Å²) in [6, 6.07) is 31.0. The molecule has 0 saturated carbocycles. The minimum absolute atomic E-state index is 0.354. The number of nitrogens with one attached hydrogen (secondary N) is 1. The highest BCUT2D eigenvalue weighted by Gasteiger charge is 2.29. The van der Waals surface area contributed by atoms with Crippen LogP contribution in [0, 0.1) is 0 Å². The van der Waals surface area contributed by atoms with E-state index in [0.717, 1.165) is 10.6 Å². The quantitative estimate of drug-likeness (QED) is 0.301. The van der Waals surface area contributed by atoms with E-state index in [4.69, 9.17) is 9.47 Å². The number of ether oxygens (including phenoxy) is 2. The molecule has 0 saturated heterocycles. The van der Waals surface area contributed by atoms with E-state index in [2.05, 4.69) is 5.32 Å². The van der Waals surface area contributed by atoms with Crippen molar-refractivity contribution < 1.29 is 22.7 Å². The van der Waals surface area contributed by atoms with Crippen LogP contribution in [-0.2, 0) is 14.8 Å². The Kier molecular flexibility index (Phi) is 7.56. The lowest BCUT2D eigenvalue weighted by molar-refractivity contribution is -0.116. The van der Waals surface area contributed by atoms with Crippen LogP contribution in [0.15, 0.2) is 109 Å². The molecule has 0 radical (unpaired) electrons. The van der Waals surface area contributed by atoms with Gasteiger partial charge in [-0.05, 0) is 79.7 Å². The molecule has 0 fully saturated rings. The van der Waals surface area contributed by atoms with E-state index < -0.39 is 22.0 Å². The first kappa shape index (κ1) is 24.8. The zero-order valence-electron chi connectivity index (χ0n) is 19.9. The molecule has 8 heteroatoms. The summed E-state index contributed by atoms with van der Waals surface area (Å²) in [5.41, 5.74) is 0.875. The molecule has 1 N–H and O–H groups in total. The molecule has 1 amide bonds. The first-order valence-electron chi connectivity index (χ1n) is 11.3. The van der Waals surface area contributed by atoms with Gasteiger partial charge in [-0.3, -0.25) is 9.10 Å². The maximum atomic E-state index is 13.0. The van der Waals surface area contributed by atoms with Gasteiger partial charge in [0.05, 0.1) is 11.9 Å². The fourth-order valence-corrected chi connectivity index (χ4v) is 4.75. The van der Waals surface area contributed by atoms with E-state index in [-0.39, 0.29) is 0 Å². The average Bonchev–Trinajstić information content (AvgIpc) is 2.87. The highest BCUT2D eigenvalue weighted by atomic mass is 32.2. The molecule has 0 spiro atoms. The Hall–Kier alpha value is -4.30.